The SMILES string of the molecule is CNCc1cc(Cl)ccc1-n1nc(C)c(Br)c1C. The third-order valence-corrected chi connectivity index (χ3v) is 4.22. The highest BCUT2D eigenvalue weighted by Gasteiger charge is 2.13. The molecule has 1 aromatic carbocycles. The van der Waals surface area contributed by atoms with Gasteiger partial charge in [0, 0.05) is 11.6 Å². The van der Waals surface area contributed by atoms with Crippen LogP contribution in [-0.4, -0.2) is 16.8 Å². The summed E-state index contributed by atoms with van der Waals surface area (Å²) in [5, 5.41) is 8.44. The number of nitrogens with zero attached hydrogens (tertiary/aromatic N) is 2. The minimum Gasteiger partial charge on any atom is -0.316 e. The van der Waals surface area contributed by atoms with Crippen LogP contribution in [0.1, 0.15) is 17.0 Å². The molecule has 0 radical (unpaired) electrons. The van der Waals surface area contributed by atoms with Crippen LogP contribution in [0, 0.1) is 13.8 Å². The first-order valence-electron chi connectivity index (χ1n) is 5.69. The van der Waals surface area contributed by atoms with Crippen molar-refractivity contribution in [2.75, 3.05) is 7.05 Å². The van der Waals surface area contributed by atoms with Gasteiger partial charge in [0.1, 0.15) is 0 Å². The predicted octanol–water partition coefficient (Wildman–Crippen LogP) is 3.62. The molecule has 1 aromatic heterocycles. The van der Waals surface area contributed by atoms with Crippen molar-refractivity contribution in [3.63, 3.8) is 0 Å². The molecule has 96 valence electrons. The van der Waals surface area contributed by atoms with Gasteiger partial charge in [-0.05, 0) is 60.6 Å². The van der Waals surface area contributed by atoms with Gasteiger partial charge < -0.3 is 5.32 Å². The van der Waals surface area contributed by atoms with Gasteiger partial charge in [-0.1, -0.05) is 11.6 Å². The Morgan fingerprint density at radius 3 is 2.67 bits per heavy atom. The Morgan fingerprint density at radius 2 is 2.11 bits per heavy atom. The number of aromatic nitrogens is 2. The lowest BCUT2D eigenvalue weighted by Crippen LogP contribution is -2.10. The smallest absolute Gasteiger partial charge is 0.0743 e. The van der Waals surface area contributed by atoms with Crippen LogP contribution >= 0.6 is 27.5 Å². The number of benzene rings is 1. The van der Waals surface area contributed by atoms with Gasteiger partial charge in [0.15, 0.2) is 0 Å². The Balaban J connectivity index is 2.59. The second-order valence-corrected chi connectivity index (χ2v) is 5.43. The fourth-order valence-corrected chi connectivity index (χ4v) is 2.39. The van der Waals surface area contributed by atoms with E-state index in [1.807, 2.05) is 43.8 Å². The van der Waals surface area contributed by atoms with E-state index < -0.39 is 0 Å². The highest BCUT2D eigenvalue weighted by molar-refractivity contribution is 9.10. The normalized spacial score (nSPS) is 10.9. The molecule has 0 bridgehead atoms. The molecule has 5 heteroatoms. The molecule has 1 heterocycles. The molecule has 0 saturated heterocycles. The van der Waals surface area contributed by atoms with Crippen LogP contribution in [0.5, 0.6) is 0 Å². The molecular weight excluding hydrogens is 314 g/mol. The number of aryl methyl sites for hydroxylation is 1. The van der Waals surface area contributed by atoms with Gasteiger partial charge >= 0.3 is 0 Å². The van der Waals surface area contributed by atoms with Crippen LogP contribution in [0.15, 0.2) is 22.7 Å². The molecule has 0 unspecified atom stereocenters. The summed E-state index contributed by atoms with van der Waals surface area (Å²) in [6.07, 6.45) is 0. The summed E-state index contributed by atoms with van der Waals surface area (Å²) in [4.78, 5) is 0. The summed E-state index contributed by atoms with van der Waals surface area (Å²) in [5.74, 6) is 0. The molecule has 0 amide bonds. The van der Waals surface area contributed by atoms with E-state index in [0.29, 0.717) is 0 Å². The van der Waals surface area contributed by atoms with Crippen molar-refractivity contribution in [1.29, 1.82) is 0 Å². The quantitative estimate of drug-likeness (QED) is 0.932. The Labute approximate surface area is 120 Å². The van der Waals surface area contributed by atoms with Gasteiger partial charge in [-0.25, -0.2) is 4.68 Å². The molecule has 0 aliphatic heterocycles. The number of hydrogen-bond donors (Lipinski definition) is 1. The molecule has 3 nitrogen and oxygen atoms in total. The first kappa shape index (κ1) is 13.6. The van der Waals surface area contributed by atoms with Crippen molar-refractivity contribution in [2.24, 2.45) is 0 Å². The van der Waals surface area contributed by atoms with Crippen LogP contribution < -0.4 is 5.32 Å². The van der Waals surface area contributed by atoms with E-state index in [1.54, 1.807) is 0 Å². The Kier molecular flexibility index (Phi) is 4.10. The van der Waals surface area contributed by atoms with Crippen LogP contribution in [0.3, 0.4) is 0 Å². The fraction of sp³-hybridized carbons (Fsp3) is 0.308. The van der Waals surface area contributed by atoms with E-state index >= 15 is 0 Å². The molecule has 2 rings (SSSR count). The van der Waals surface area contributed by atoms with E-state index in [0.717, 1.165) is 38.7 Å². The van der Waals surface area contributed by atoms with Crippen LogP contribution in [0.2, 0.25) is 5.02 Å². The minimum absolute atomic E-state index is 0.740. The van der Waals surface area contributed by atoms with Crippen molar-refractivity contribution in [3.8, 4) is 5.69 Å². The van der Waals surface area contributed by atoms with E-state index in [9.17, 15) is 0 Å². The van der Waals surface area contributed by atoms with Gasteiger partial charge in [-0.2, -0.15) is 5.10 Å². The van der Waals surface area contributed by atoms with E-state index in [4.69, 9.17) is 11.6 Å². The predicted molar refractivity (Wildman–Crippen MR) is 78.5 cm³/mol. The fourth-order valence-electron chi connectivity index (χ4n) is 1.95. The Morgan fingerprint density at radius 1 is 1.39 bits per heavy atom. The number of rotatable bonds is 3. The average molecular weight is 329 g/mol. The largest absolute Gasteiger partial charge is 0.316 e. The van der Waals surface area contributed by atoms with E-state index in [1.165, 1.54) is 0 Å². The van der Waals surface area contributed by atoms with Gasteiger partial charge in [-0.15, -0.1) is 0 Å². The van der Waals surface area contributed by atoms with Crippen molar-refractivity contribution in [2.45, 2.75) is 20.4 Å². The van der Waals surface area contributed by atoms with E-state index in [-0.39, 0.29) is 0 Å². The maximum absolute atomic E-state index is 6.05. The monoisotopic (exact) mass is 327 g/mol. The first-order chi connectivity index (χ1) is 8.54. The molecule has 0 saturated carbocycles. The number of nitrogens with one attached hydrogen (secondary N) is 1. The zero-order chi connectivity index (χ0) is 13.3. The van der Waals surface area contributed by atoms with Crippen LogP contribution in [0.4, 0.5) is 0 Å². The molecule has 2 aromatic rings. The summed E-state index contributed by atoms with van der Waals surface area (Å²) in [5.41, 5.74) is 4.26. The van der Waals surface area contributed by atoms with Gasteiger partial charge in [0.2, 0.25) is 0 Å². The van der Waals surface area contributed by atoms with Gasteiger partial charge in [-0.3, -0.25) is 0 Å². The standard InChI is InChI=1S/C13H15BrClN3/c1-8-13(14)9(2)18(17-8)12-5-4-11(15)6-10(12)7-16-3/h4-6,16H,7H2,1-3H3. The molecule has 0 fully saturated rings. The van der Waals surface area contributed by atoms with Crippen molar-refractivity contribution in [1.82, 2.24) is 15.1 Å². The highest BCUT2D eigenvalue weighted by atomic mass is 79.9. The van der Waals surface area contributed by atoms with Crippen molar-refractivity contribution in [3.05, 3.63) is 44.6 Å². The molecule has 0 spiro atoms. The molecule has 0 aliphatic rings. The van der Waals surface area contributed by atoms with Gasteiger partial charge in [0.05, 0.1) is 21.5 Å². The number of hydrogen-bond acceptors (Lipinski definition) is 2. The van der Waals surface area contributed by atoms with Crippen molar-refractivity contribution < 1.29 is 0 Å². The summed E-state index contributed by atoms with van der Waals surface area (Å²) < 4.78 is 3.00. The molecule has 1 N–H and O–H groups in total. The third-order valence-electron chi connectivity index (χ3n) is 2.84. The second-order valence-electron chi connectivity index (χ2n) is 4.20. The maximum Gasteiger partial charge on any atom is 0.0743 e. The molecule has 0 aliphatic carbocycles. The van der Waals surface area contributed by atoms with Crippen LogP contribution in [0.25, 0.3) is 5.69 Å². The summed E-state index contributed by atoms with van der Waals surface area (Å²) in [7, 11) is 1.92. The lowest BCUT2D eigenvalue weighted by Gasteiger charge is -2.11. The highest BCUT2D eigenvalue weighted by Crippen LogP contribution is 2.26. The maximum atomic E-state index is 6.05. The summed E-state index contributed by atoms with van der Waals surface area (Å²) in [6, 6.07) is 5.86. The number of halogens is 2. The summed E-state index contributed by atoms with van der Waals surface area (Å²) >= 11 is 9.60. The van der Waals surface area contributed by atoms with Crippen molar-refractivity contribution >= 4 is 27.5 Å². The molecular formula is C13H15BrClN3. The lowest BCUT2D eigenvalue weighted by atomic mass is 10.1. The second kappa shape index (κ2) is 5.43. The topological polar surface area (TPSA) is 29.9 Å². The van der Waals surface area contributed by atoms with E-state index in [2.05, 4.69) is 26.3 Å². The molecule has 18 heavy (non-hydrogen) atoms. The third kappa shape index (κ3) is 2.46. The zero-order valence-electron chi connectivity index (χ0n) is 10.6. The van der Waals surface area contributed by atoms with Crippen LogP contribution in [-0.2, 0) is 6.54 Å². The zero-order valence-corrected chi connectivity index (χ0v) is 12.9. The Bertz CT molecular complexity index is 578. The first-order valence-corrected chi connectivity index (χ1v) is 6.86. The average Bonchev–Trinajstić information content (AvgIpc) is 2.58. The lowest BCUT2D eigenvalue weighted by molar-refractivity contribution is 0.775. The summed E-state index contributed by atoms with van der Waals surface area (Å²) in [6.45, 7) is 4.79. The Hall–Kier alpha value is -0.840. The minimum atomic E-state index is 0.740. The van der Waals surface area contributed by atoms with Gasteiger partial charge in [0.25, 0.3) is 0 Å². The molecule has 0 atom stereocenters.